The Bertz CT molecular complexity index is 540. The summed E-state index contributed by atoms with van der Waals surface area (Å²) in [4.78, 5) is 2.18. The zero-order chi connectivity index (χ0) is 14.4. The third kappa shape index (κ3) is 3.53. The van der Waals surface area contributed by atoms with Gasteiger partial charge in [-0.2, -0.15) is 0 Å². The summed E-state index contributed by atoms with van der Waals surface area (Å²) in [6, 6.07) is 16.4. The van der Waals surface area contributed by atoms with Crippen LogP contribution in [0.4, 0.5) is 11.4 Å². The molecule has 3 heteroatoms. The highest BCUT2D eigenvalue weighted by atomic mass is 35.5. The van der Waals surface area contributed by atoms with Crippen molar-refractivity contribution >= 4 is 23.0 Å². The van der Waals surface area contributed by atoms with Gasteiger partial charge in [0.1, 0.15) is 0 Å². The predicted molar refractivity (Wildman–Crippen MR) is 88.0 cm³/mol. The zero-order valence-corrected chi connectivity index (χ0v) is 12.8. The summed E-state index contributed by atoms with van der Waals surface area (Å²) in [5, 5.41) is 4.24. The van der Waals surface area contributed by atoms with Crippen molar-refractivity contribution in [2.45, 2.75) is 19.9 Å². The fraction of sp³-hybridized carbons (Fsp3) is 0.294. The minimum absolute atomic E-state index is 0.792. The molecule has 106 valence electrons. The standard InChI is InChI=1S/C17H21ClN2/c1-3-12-19-13-15-16(18)10-7-11-17(15)20(2)14-8-5-4-6-9-14/h4-11,19H,3,12-13H2,1-2H3. The Morgan fingerprint density at radius 2 is 1.80 bits per heavy atom. The van der Waals surface area contributed by atoms with Crippen molar-refractivity contribution in [2.75, 3.05) is 18.5 Å². The molecule has 0 saturated carbocycles. The highest BCUT2D eigenvalue weighted by Gasteiger charge is 2.11. The van der Waals surface area contributed by atoms with Gasteiger partial charge in [0.05, 0.1) is 0 Å². The first-order chi connectivity index (χ1) is 9.74. The summed E-state index contributed by atoms with van der Waals surface area (Å²) >= 11 is 6.37. The number of para-hydroxylation sites is 1. The minimum atomic E-state index is 0.792. The summed E-state index contributed by atoms with van der Waals surface area (Å²) in [6.45, 7) is 3.95. The van der Waals surface area contributed by atoms with E-state index in [-0.39, 0.29) is 0 Å². The maximum absolute atomic E-state index is 6.37. The van der Waals surface area contributed by atoms with Crippen molar-refractivity contribution in [1.29, 1.82) is 0 Å². The van der Waals surface area contributed by atoms with Gasteiger partial charge in [0.25, 0.3) is 0 Å². The number of hydrogen-bond acceptors (Lipinski definition) is 2. The molecule has 0 heterocycles. The van der Waals surface area contributed by atoms with Crippen molar-refractivity contribution in [3.63, 3.8) is 0 Å². The van der Waals surface area contributed by atoms with Gasteiger partial charge in [-0.1, -0.05) is 42.8 Å². The quantitative estimate of drug-likeness (QED) is 0.781. The summed E-state index contributed by atoms with van der Waals surface area (Å²) in [6.07, 6.45) is 1.12. The van der Waals surface area contributed by atoms with Crippen LogP contribution in [0.2, 0.25) is 5.02 Å². The zero-order valence-electron chi connectivity index (χ0n) is 12.1. The molecule has 2 nitrogen and oxygen atoms in total. The lowest BCUT2D eigenvalue weighted by Gasteiger charge is -2.23. The summed E-state index contributed by atoms with van der Waals surface area (Å²) in [7, 11) is 2.07. The van der Waals surface area contributed by atoms with Crippen molar-refractivity contribution < 1.29 is 0 Å². The van der Waals surface area contributed by atoms with Gasteiger partial charge in [0, 0.05) is 35.6 Å². The van der Waals surface area contributed by atoms with E-state index in [0.29, 0.717) is 0 Å². The van der Waals surface area contributed by atoms with Crippen LogP contribution in [0.15, 0.2) is 48.5 Å². The Hall–Kier alpha value is -1.51. The average Bonchev–Trinajstić information content (AvgIpc) is 2.49. The average molecular weight is 289 g/mol. The van der Waals surface area contributed by atoms with Crippen molar-refractivity contribution in [3.8, 4) is 0 Å². The molecule has 0 aliphatic heterocycles. The Morgan fingerprint density at radius 3 is 2.50 bits per heavy atom. The summed E-state index contributed by atoms with van der Waals surface area (Å²) < 4.78 is 0. The maximum atomic E-state index is 6.37. The van der Waals surface area contributed by atoms with E-state index in [0.717, 1.165) is 41.5 Å². The van der Waals surface area contributed by atoms with Crippen LogP contribution in [0.3, 0.4) is 0 Å². The van der Waals surface area contributed by atoms with Gasteiger partial charge in [0.15, 0.2) is 0 Å². The lowest BCUT2D eigenvalue weighted by atomic mass is 10.1. The fourth-order valence-electron chi connectivity index (χ4n) is 2.22. The monoisotopic (exact) mass is 288 g/mol. The first-order valence-electron chi connectivity index (χ1n) is 7.01. The molecule has 1 N–H and O–H groups in total. The van der Waals surface area contributed by atoms with Gasteiger partial charge in [0.2, 0.25) is 0 Å². The second-order valence-corrected chi connectivity index (χ2v) is 5.22. The summed E-state index contributed by atoms with van der Waals surface area (Å²) in [5.41, 5.74) is 3.45. The molecule has 0 bridgehead atoms. The SMILES string of the molecule is CCCNCc1c(Cl)cccc1N(C)c1ccccc1. The highest BCUT2D eigenvalue weighted by molar-refractivity contribution is 6.31. The molecule has 0 amide bonds. The number of benzene rings is 2. The molecule has 0 radical (unpaired) electrons. The van der Waals surface area contributed by atoms with Gasteiger partial charge in [-0.25, -0.2) is 0 Å². The van der Waals surface area contributed by atoms with Gasteiger partial charge >= 0.3 is 0 Å². The van der Waals surface area contributed by atoms with E-state index >= 15 is 0 Å². The topological polar surface area (TPSA) is 15.3 Å². The Labute approximate surface area is 126 Å². The van der Waals surface area contributed by atoms with Crippen molar-refractivity contribution in [2.24, 2.45) is 0 Å². The highest BCUT2D eigenvalue weighted by Crippen LogP contribution is 2.31. The minimum Gasteiger partial charge on any atom is -0.344 e. The molecule has 0 saturated heterocycles. The van der Waals surface area contributed by atoms with E-state index < -0.39 is 0 Å². The van der Waals surface area contributed by atoms with Gasteiger partial charge in [-0.15, -0.1) is 0 Å². The number of halogens is 1. The van der Waals surface area contributed by atoms with Crippen LogP contribution < -0.4 is 10.2 Å². The fourth-order valence-corrected chi connectivity index (χ4v) is 2.45. The molecule has 0 atom stereocenters. The molecule has 2 aromatic rings. The molecular weight excluding hydrogens is 268 g/mol. The van der Waals surface area contributed by atoms with Crippen LogP contribution in [0.5, 0.6) is 0 Å². The maximum Gasteiger partial charge on any atom is 0.0471 e. The second-order valence-electron chi connectivity index (χ2n) is 4.81. The van der Waals surface area contributed by atoms with Crippen molar-refractivity contribution in [3.05, 3.63) is 59.1 Å². The molecule has 2 rings (SSSR count). The van der Waals surface area contributed by atoms with E-state index in [4.69, 9.17) is 11.6 Å². The Kier molecular flexibility index (Phi) is 5.45. The van der Waals surface area contributed by atoms with E-state index in [1.54, 1.807) is 0 Å². The molecular formula is C17H21ClN2. The smallest absolute Gasteiger partial charge is 0.0471 e. The van der Waals surface area contributed by atoms with Crippen LogP contribution in [-0.4, -0.2) is 13.6 Å². The van der Waals surface area contributed by atoms with Gasteiger partial charge in [-0.05, 0) is 37.2 Å². The Morgan fingerprint density at radius 1 is 1.05 bits per heavy atom. The van der Waals surface area contributed by atoms with Crippen LogP contribution >= 0.6 is 11.6 Å². The molecule has 20 heavy (non-hydrogen) atoms. The van der Waals surface area contributed by atoms with Crippen LogP contribution in [0, 0.1) is 0 Å². The summed E-state index contributed by atoms with van der Waals surface area (Å²) in [5.74, 6) is 0. The van der Waals surface area contributed by atoms with Crippen LogP contribution in [-0.2, 0) is 6.54 Å². The third-order valence-corrected chi connectivity index (χ3v) is 3.68. The van der Waals surface area contributed by atoms with E-state index in [2.05, 4.69) is 42.4 Å². The van der Waals surface area contributed by atoms with Crippen molar-refractivity contribution in [1.82, 2.24) is 5.32 Å². The first kappa shape index (κ1) is 14.9. The largest absolute Gasteiger partial charge is 0.344 e. The predicted octanol–water partition coefficient (Wildman–Crippen LogP) is 4.61. The number of hydrogen-bond donors (Lipinski definition) is 1. The number of anilines is 2. The van der Waals surface area contributed by atoms with E-state index in [1.165, 1.54) is 0 Å². The van der Waals surface area contributed by atoms with Crippen LogP contribution in [0.25, 0.3) is 0 Å². The molecule has 0 aromatic heterocycles. The van der Waals surface area contributed by atoms with Gasteiger partial charge < -0.3 is 10.2 Å². The number of rotatable bonds is 6. The molecule has 0 aliphatic rings. The second kappa shape index (κ2) is 7.32. The van der Waals surface area contributed by atoms with E-state index in [1.807, 2.05) is 30.3 Å². The molecule has 0 unspecified atom stereocenters. The molecule has 0 fully saturated rings. The number of nitrogens with zero attached hydrogens (tertiary/aromatic N) is 1. The van der Waals surface area contributed by atoms with E-state index in [9.17, 15) is 0 Å². The lowest BCUT2D eigenvalue weighted by Crippen LogP contribution is -2.18. The molecule has 0 spiro atoms. The first-order valence-corrected chi connectivity index (χ1v) is 7.38. The number of nitrogens with one attached hydrogen (secondary N) is 1. The Balaban J connectivity index is 2.28. The van der Waals surface area contributed by atoms with Crippen LogP contribution in [0.1, 0.15) is 18.9 Å². The molecule has 2 aromatic carbocycles. The van der Waals surface area contributed by atoms with Gasteiger partial charge in [-0.3, -0.25) is 0 Å². The lowest BCUT2D eigenvalue weighted by molar-refractivity contribution is 0.675. The molecule has 0 aliphatic carbocycles. The normalized spacial score (nSPS) is 10.6. The third-order valence-electron chi connectivity index (χ3n) is 3.33.